The van der Waals surface area contributed by atoms with Crippen LogP contribution in [-0.4, -0.2) is 45.2 Å². The van der Waals surface area contributed by atoms with E-state index in [1.54, 1.807) is 7.05 Å². The fourth-order valence-electron chi connectivity index (χ4n) is 2.79. The van der Waals surface area contributed by atoms with E-state index in [1.165, 1.54) is 11.1 Å². The first-order chi connectivity index (χ1) is 14.6. The van der Waals surface area contributed by atoms with Crippen LogP contribution >= 0.6 is 0 Å². The molecular formula is C24H32N2O4. The van der Waals surface area contributed by atoms with Gasteiger partial charge >= 0.3 is 0 Å². The van der Waals surface area contributed by atoms with Gasteiger partial charge in [-0.2, -0.15) is 0 Å². The molecule has 0 aliphatic rings. The molecule has 2 rings (SSSR count). The van der Waals surface area contributed by atoms with E-state index in [0.29, 0.717) is 32.6 Å². The van der Waals surface area contributed by atoms with Crippen LogP contribution in [0.15, 0.2) is 48.5 Å². The molecule has 0 aliphatic carbocycles. The van der Waals surface area contributed by atoms with Crippen LogP contribution in [0.5, 0.6) is 5.75 Å². The highest BCUT2D eigenvalue weighted by Gasteiger charge is 2.03. The maximum absolute atomic E-state index is 12.0. The molecule has 0 unspecified atom stereocenters. The maximum Gasteiger partial charge on any atom is 0.245 e. The molecule has 0 aliphatic heterocycles. The van der Waals surface area contributed by atoms with Crippen LogP contribution in [-0.2, 0) is 27.2 Å². The summed E-state index contributed by atoms with van der Waals surface area (Å²) in [7, 11) is 1.59. The SMILES string of the molecule is CNC(=O)COCCc1ccc(CCNC(=O)CCCOc2ccc(C)cc2)cc1. The van der Waals surface area contributed by atoms with Crippen LogP contribution in [0.3, 0.4) is 0 Å². The Morgan fingerprint density at radius 2 is 1.53 bits per heavy atom. The Morgan fingerprint density at radius 1 is 0.867 bits per heavy atom. The molecule has 2 aromatic rings. The Labute approximate surface area is 179 Å². The summed E-state index contributed by atoms with van der Waals surface area (Å²) < 4.78 is 11.0. The van der Waals surface area contributed by atoms with Gasteiger partial charge < -0.3 is 20.1 Å². The summed E-state index contributed by atoms with van der Waals surface area (Å²) in [6.45, 7) is 3.79. The van der Waals surface area contributed by atoms with Gasteiger partial charge in [-0.25, -0.2) is 0 Å². The van der Waals surface area contributed by atoms with E-state index in [0.717, 1.165) is 24.2 Å². The first-order valence-electron chi connectivity index (χ1n) is 10.4. The molecule has 162 valence electrons. The average Bonchev–Trinajstić information content (AvgIpc) is 2.76. The zero-order valence-corrected chi connectivity index (χ0v) is 17.9. The third-order valence-electron chi connectivity index (χ3n) is 4.64. The summed E-state index contributed by atoms with van der Waals surface area (Å²) in [5.74, 6) is 0.765. The molecule has 0 bridgehead atoms. The Hall–Kier alpha value is -2.86. The fraction of sp³-hybridized carbons (Fsp3) is 0.417. The van der Waals surface area contributed by atoms with Gasteiger partial charge in [0, 0.05) is 20.0 Å². The molecule has 2 N–H and O–H groups in total. The minimum atomic E-state index is -0.119. The lowest BCUT2D eigenvalue weighted by Gasteiger charge is -2.08. The average molecular weight is 413 g/mol. The number of carbonyl (C=O) groups is 2. The lowest BCUT2D eigenvalue weighted by Crippen LogP contribution is -2.25. The molecule has 0 saturated heterocycles. The number of benzene rings is 2. The Bertz CT molecular complexity index is 773. The second kappa shape index (κ2) is 13.4. The van der Waals surface area contributed by atoms with E-state index < -0.39 is 0 Å². The zero-order valence-electron chi connectivity index (χ0n) is 17.9. The van der Waals surface area contributed by atoms with Crippen molar-refractivity contribution < 1.29 is 19.1 Å². The van der Waals surface area contributed by atoms with Gasteiger partial charge in [0.2, 0.25) is 11.8 Å². The van der Waals surface area contributed by atoms with Crippen molar-refractivity contribution in [3.05, 3.63) is 65.2 Å². The summed E-state index contributed by atoms with van der Waals surface area (Å²) in [6.07, 6.45) is 2.70. The minimum Gasteiger partial charge on any atom is -0.494 e. The van der Waals surface area contributed by atoms with Gasteiger partial charge in [-0.05, 0) is 49.4 Å². The highest BCUT2D eigenvalue weighted by molar-refractivity contribution is 5.76. The predicted octanol–water partition coefficient (Wildman–Crippen LogP) is 2.82. The molecule has 0 spiro atoms. The fourth-order valence-corrected chi connectivity index (χ4v) is 2.79. The van der Waals surface area contributed by atoms with Gasteiger partial charge in [0.05, 0.1) is 13.2 Å². The number of aryl methyl sites for hydroxylation is 1. The van der Waals surface area contributed by atoms with Crippen molar-refractivity contribution in [3.8, 4) is 5.75 Å². The van der Waals surface area contributed by atoms with Crippen molar-refractivity contribution in [1.29, 1.82) is 0 Å². The van der Waals surface area contributed by atoms with Crippen molar-refractivity contribution in [2.45, 2.75) is 32.6 Å². The van der Waals surface area contributed by atoms with Gasteiger partial charge in [-0.1, -0.05) is 42.0 Å². The summed E-state index contributed by atoms with van der Waals surface area (Å²) in [6, 6.07) is 16.2. The maximum atomic E-state index is 12.0. The van der Waals surface area contributed by atoms with Crippen LogP contribution in [0.1, 0.15) is 29.5 Å². The standard InChI is InChI=1S/C24H32N2O4/c1-19-5-11-22(12-6-19)30-16-3-4-23(27)26-15-13-20-7-9-21(10-8-20)14-17-29-18-24(28)25-2/h5-12H,3-4,13-18H2,1-2H3,(H,25,28)(H,26,27). The Kier molecular flexibility index (Phi) is 10.4. The van der Waals surface area contributed by atoms with E-state index >= 15 is 0 Å². The van der Waals surface area contributed by atoms with Gasteiger partial charge in [0.15, 0.2) is 0 Å². The van der Waals surface area contributed by atoms with Crippen LogP contribution in [0.25, 0.3) is 0 Å². The number of likely N-dealkylation sites (N-methyl/N-ethyl adjacent to an activating group) is 1. The molecule has 6 nitrogen and oxygen atoms in total. The largest absolute Gasteiger partial charge is 0.494 e. The lowest BCUT2D eigenvalue weighted by molar-refractivity contribution is -0.125. The zero-order chi connectivity index (χ0) is 21.6. The van der Waals surface area contributed by atoms with Crippen LogP contribution in [0.2, 0.25) is 0 Å². The molecule has 0 atom stereocenters. The van der Waals surface area contributed by atoms with Crippen molar-refractivity contribution in [2.75, 3.05) is 33.4 Å². The number of amides is 2. The number of nitrogens with one attached hydrogen (secondary N) is 2. The summed E-state index contributed by atoms with van der Waals surface area (Å²) in [4.78, 5) is 23.0. The molecule has 6 heteroatoms. The number of hydrogen-bond donors (Lipinski definition) is 2. The van der Waals surface area contributed by atoms with E-state index in [9.17, 15) is 9.59 Å². The number of rotatable bonds is 13. The molecule has 0 heterocycles. The molecule has 2 amide bonds. The van der Waals surface area contributed by atoms with E-state index in [1.807, 2.05) is 31.2 Å². The minimum absolute atomic E-state index is 0.0485. The Balaban J connectivity index is 1.54. The van der Waals surface area contributed by atoms with Crippen molar-refractivity contribution in [2.24, 2.45) is 0 Å². The van der Waals surface area contributed by atoms with E-state index in [4.69, 9.17) is 9.47 Å². The van der Waals surface area contributed by atoms with E-state index in [2.05, 4.69) is 34.9 Å². The summed E-state index contributed by atoms with van der Waals surface area (Å²) in [5, 5.41) is 5.48. The number of ether oxygens (including phenoxy) is 2. The highest BCUT2D eigenvalue weighted by Crippen LogP contribution is 2.11. The lowest BCUT2D eigenvalue weighted by atomic mass is 10.1. The van der Waals surface area contributed by atoms with Gasteiger partial charge in [0.25, 0.3) is 0 Å². The van der Waals surface area contributed by atoms with Gasteiger partial charge in [0.1, 0.15) is 12.4 Å². The third kappa shape index (κ3) is 9.56. The molecule has 0 radical (unpaired) electrons. The molecule has 0 aromatic heterocycles. The highest BCUT2D eigenvalue weighted by atomic mass is 16.5. The molecule has 30 heavy (non-hydrogen) atoms. The number of carbonyl (C=O) groups excluding carboxylic acids is 2. The van der Waals surface area contributed by atoms with E-state index in [-0.39, 0.29) is 18.4 Å². The van der Waals surface area contributed by atoms with Crippen LogP contribution in [0.4, 0.5) is 0 Å². The van der Waals surface area contributed by atoms with Crippen molar-refractivity contribution in [3.63, 3.8) is 0 Å². The Morgan fingerprint density at radius 3 is 2.20 bits per heavy atom. The summed E-state index contributed by atoms with van der Waals surface area (Å²) in [5.41, 5.74) is 3.53. The van der Waals surface area contributed by atoms with Crippen LogP contribution < -0.4 is 15.4 Å². The number of hydrogen-bond acceptors (Lipinski definition) is 4. The molecule has 2 aromatic carbocycles. The van der Waals surface area contributed by atoms with Crippen molar-refractivity contribution >= 4 is 11.8 Å². The topological polar surface area (TPSA) is 76.7 Å². The molecule has 0 fully saturated rings. The first kappa shape index (κ1) is 23.4. The third-order valence-corrected chi connectivity index (χ3v) is 4.64. The smallest absolute Gasteiger partial charge is 0.245 e. The normalized spacial score (nSPS) is 10.5. The quantitative estimate of drug-likeness (QED) is 0.496. The second-order valence-corrected chi connectivity index (χ2v) is 7.16. The van der Waals surface area contributed by atoms with Gasteiger partial charge in [-0.15, -0.1) is 0 Å². The van der Waals surface area contributed by atoms with Crippen molar-refractivity contribution in [1.82, 2.24) is 10.6 Å². The monoisotopic (exact) mass is 412 g/mol. The first-order valence-corrected chi connectivity index (χ1v) is 10.4. The van der Waals surface area contributed by atoms with Crippen LogP contribution in [0, 0.1) is 6.92 Å². The molecule has 0 saturated carbocycles. The second-order valence-electron chi connectivity index (χ2n) is 7.16. The molecular weight excluding hydrogens is 380 g/mol. The van der Waals surface area contributed by atoms with Gasteiger partial charge in [-0.3, -0.25) is 9.59 Å². The summed E-state index contributed by atoms with van der Waals surface area (Å²) >= 11 is 0. The predicted molar refractivity (Wildman–Crippen MR) is 118 cm³/mol.